The van der Waals surface area contributed by atoms with Gasteiger partial charge < -0.3 is 9.47 Å². The molecule has 6 nitrogen and oxygen atoms in total. The first kappa shape index (κ1) is 20.7. The third-order valence-corrected chi connectivity index (χ3v) is 7.15. The largest absolute Gasteiger partial charge is 0.350 e. The molecule has 1 fully saturated rings. The third-order valence-electron chi connectivity index (χ3n) is 5.38. The number of aromatic nitrogens is 1. The van der Waals surface area contributed by atoms with Gasteiger partial charge in [-0.25, -0.2) is 8.42 Å². The van der Waals surface area contributed by atoms with E-state index in [1.165, 1.54) is 0 Å². The fourth-order valence-electron chi connectivity index (χ4n) is 3.69. The molecule has 2 heterocycles. The number of likely N-dealkylation sites (tertiary alicyclic amines) is 1. The van der Waals surface area contributed by atoms with Crippen molar-refractivity contribution < 1.29 is 13.2 Å². The molecule has 1 aliphatic heterocycles. The zero-order chi connectivity index (χ0) is 20.5. The van der Waals surface area contributed by atoms with Crippen molar-refractivity contribution in [3.8, 4) is 0 Å². The summed E-state index contributed by atoms with van der Waals surface area (Å²) in [6, 6.07) is 6.52. The Kier molecular flexibility index (Phi) is 6.05. The van der Waals surface area contributed by atoms with Gasteiger partial charge in [-0.15, -0.1) is 0 Å². The van der Waals surface area contributed by atoms with Gasteiger partial charge in [0.05, 0.1) is 11.3 Å². The van der Waals surface area contributed by atoms with Crippen LogP contribution in [0, 0.1) is 13.8 Å². The van der Waals surface area contributed by atoms with E-state index in [1.807, 2.05) is 0 Å². The average molecular weight is 424 g/mol. The predicted molar refractivity (Wildman–Crippen MR) is 112 cm³/mol. The summed E-state index contributed by atoms with van der Waals surface area (Å²) in [4.78, 5) is 15.1. The molecule has 1 aromatic heterocycles. The van der Waals surface area contributed by atoms with Gasteiger partial charge >= 0.3 is 0 Å². The van der Waals surface area contributed by atoms with Crippen LogP contribution in [0.15, 0.2) is 29.2 Å². The Morgan fingerprint density at radius 2 is 1.71 bits per heavy atom. The highest BCUT2D eigenvalue weighted by Gasteiger charge is 2.33. The highest BCUT2D eigenvalue weighted by Crippen LogP contribution is 2.30. The molecular weight excluding hydrogens is 398 g/mol. The Morgan fingerprint density at radius 3 is 2.32 bits per heavy atom. The first-order chi connectivity index (χ1) is 13.2. The molecular formula is C20H26ClN3O3S. The molecule has 1 N–H and O–H groups in total. The number of anilines is 1. The van der Waals surface area contributed by atoms with Crippen molar-refractivity contribution in [1.29, 1.82) is 0 Å². The highest BCUT2D eigenvalue weighted by atomic mass is 35.5. The Morgan fingerprint density at radius 1 is 1.07 bits per heavy atom. The van der Waals surface area contributed by atoms with Crippen LogP contribution < -0.4 is 4.72 Å². The first-order valence-corrected chi connectivity index (χ1v) is 11.3. The van der Waals surface area contributed by atoms with Crippen LogP contribution in [-0.4, -0.2) is 36.9 Å². The molecule has 0 aliphatic carbocycles. The maximum atomic E-state index is 13.3. The summed E-state index contributed by atoms with van der Waals surface area (Å²) < 4.78 is 30.8. The lowest BCUT2D eigenvalue weighted by Crippen LogP contribution is -2.33. The van der Waals surface area contributed by atoms with Crippen LogP contribution in [0.2, 0.25) is 5.02 Å². The lowest BCUT2D eigenvalue weighted by molar-refractivity contribution is 0.0757. The van der Waals surface area contributed by atoms with Crippen LogP contribution in [0.25, 0.3) is 0 Å². The van der Waals surface area contributed by atoms with Crippen molar-refractivity contribution in [1.82, 2.24) is 9.47 Å². The second-order valence-electron chi connectivity index (χ2n) is 7.26. The van der Waals surface area contributed by atoms with E-state index in [4.69, 9.17) is 11.6 Å². The molecule has 0 atom stereocenters. The van der Waals surface area contributed by atoms with Crippen molar-refractivity contribution >= 4 is 33.2 Å². The van der Waals surface area contributed by atoms with Crippen LogP contribution in [0.4, 0.5) is 5.69 Å². The minimum absolute atomic E-state index is 0.0433. The molecule has 0 saturated carbocycles. The maximum absolute atomic E-state index is 13.3. The first-order valence-electron chi connectivity index (χ1n) is 9.46. The van der Waals surface area contributed by atoms with Crippen LogP contribution in [0.1, 0.15) is 47.4 Å². The second-order valence-corrected chi connectivity index (χ2v) is 9.31. The van der Waals surface area contributed by atoms with Crippen LogP contribution >= 0.6 is 11.6 Å². The lowest BCUT2D eigenvalue weighted by atomic mass is 10.2. The quantitative estimate of drug-likeness (QED) is 0.804. The van der Waals surface area contributed by atoms with Gasteiger partial charge in [-0.05, 0) is 44.9 Å². The summed E-state index contributed by atoms with van der Waals surface area (Å²) in [6.45, 7) is 4.83. The van der Waals surface area contributed by atoms with E-state index in [0.717, 1.165) is 25.7 Å². The van der Waals surface area contributed by atoms with Crippen LogP contribution in [0.3, 0.4) is 0 Å². The third kappa shape index (κ3) is 4.05. The number of hydrogen-bond acceptors (Lipinski definition) is 3. The number of benzene rings is 1. The van der Waals surface area contributed by atoms with Crippen molar-refractivity contribution in [2.45, 2.75) is 44.4 Å². The predicted octanol–water partition coefficient (Wildman–Crippen LogP) is 4.11. The fraction of sp³-hybridized carbons (Fsp3) is 0.450. The van der Waals surface area contributed by atoms with E-state index >= 15 is 0 Å². The molecule has 1 amide bonds. The molecule has 1 saturated heterocycles. The van der Waals surface area contributed by atoms with Gasteiger partial charge in [-0.2, -0.15) is 0 Å². The minimum Gasteiger partial charge on any atom is -0.350 e. The van der Waals surface area contributed by atoms with Crippen LogP contribution in [-0.2, 0) is 17.1 Å². The Labute approximate surface area is 171 Å². The van der Waals surface area contributed by atoms with Gasteiger partial charge in [-0.3, -0.25) is 9.52 Å². The minimum atomic E-state index is -3.96. The van der Waals surface area contributed by atoms with Crippen molar-refractivity contribution in [2.24, 2.45) is 7.05 Å². The van der Waals surface area contributed by atoms with E-state index in [1.54, 1.807) is 54.6 Å². The zero-order valence-electron chi connectivity index (χ0n) is 16.5. The number of carbonyl (C=O) groups excluding carboxylic acids is 1. The number of rotatable bonds is 4. The normalized spacial score (nSPS) is 15.4. The molecule has 2 aromatic rings. The topological polar surface area (TPSA) is 71.4 Å². The molecule has 0 bridgehead atoms. The molecule has 0 unspecified atom stereocenters. The summed E-state index contributed by atoms with van der Waals surface area (Å²) in [6.07, 6.45) is 4.08. The molecule has 0 radical (unpaired) electrons. The van der Waals surface area contributed by atoms with Gasteiger partial charge in [-0.1, -0.05) is 30.5 Å². The molecule has 8 heteroatoms. The monoisotopic (exact) mass is 423 g/mol. The van der Waals surface area contributed by atoms with Gasteiger partial charge in [0, 0.05) is 36.5 Å². The Balaban J connectivity index is 2.05. The van der Waals surface area contributed by atoms with Crippen LogP contribution in [0.5, 0.6) is 0 Å². The molecule has 152 valence electrons. The summed E-state index contributed by atoms with van der Waals surface area (Å²) in [5.74, 6) is -0.213. The summed E-state index contributed by atoms with van der Waals surface area (Å²) in [7, 11) is -2.18. The second kappa shape index (κ2) is 8.17. The average Bonchev–Trinajstić information content (AvgIpc) is 2.84. The highest BCUT2D eigenvalue weighted by molar-refractivity contribution is 7.92. The standard InChI is InChI=1S/C20H26ClN3O3S/c1-14-18(20(25)24-11-6-4-5-7-12-24)19(15(2)23(14)3)28(26,27)22-17-10-8-9-16(21)13-17/h8-10,13,22H,4-7,11-12H2,1-3H3. The van der Waals surface area contributed by atoms with E-state index in [2.05, 4.69) is 4.72 Å². The molecule has 1 aromatic carbocycles. The maximum Gasteiger partial charge on any atom is 0.264 e. The number of nitrogens with one attached hydrogen (secondary N) is 1. The molecule has 3 rings (SSSR count). The molecule has 1 aliphatic rings. The Bertz CT molecular complexity index is 990. The lowest BCUT2D eigenvalue weighted by Gasteiger charge is -2.21. The van der Waals surface area contributed by atoms with Crippen molar-refractivity contribution in [3.05, 3.63) is 46.2 Å². The van der Waals surface area contributed by atoms with E-state index < -0.39 is 10.0 Å². The zero-order valence-corrected chi connectivity index (χ0v) is 18.0. The summed E-state index contributed by atoms with van der Waals surface area (Å²) in [5.41, 5.74) is 1.81. The number of carbonyl (C=O) groups is 1. The van der Waals surface area contributed by atoms with Gasteiger partial charge in [0.25, 0.3) is 15.9 Å². The summed E-state index contributed by atoms with van der Waals surface area (Å²) >= 11 is 5.98. The Hall–Kier alpha value is -1.99. The number of amides is 1. The smallest absolute Gasteiger partial charge is 0.264 e. The summed E-state index contributed by atoms with van der Waals surface area (Å²) in [5, 5.41) is 0.432. The fourth-order valence-corrected chi connectivity index (χ4v) is 5.45. The van der Waals surface area contributed by atoms with E-state index in [9.17, 15) is 13.2 Å². The molecule has 28 heavy (non-hydrogen) atoms. The van der Waals surface area contributed by atoms with Gasteiger partial charge in [0.2, 0.25) is 0 Å². The SMILES string of the molecule is Cc1c(C(=O)N2CCCCCC2)c(S(=O)(=O)Nc2cccc(Cl)c2)c(C)n1C. The number of halogens is 1. The van der Waals surface area contributed by atoms with Crippen molar-refractivity contribution in [2.75, 3.05) is 17.8 Å². The van der Waals surface area contributed by atoms with Crippen molar-refractivity contribution in [3.63, 3.8) is 0 Å². The van der Waals surface area contributed by atoms with E-state index in [-0.39, 0.29) is 16.4 Å². The van der Waals surface area contributed by atoms with Gasteiger partial charge in [0.1, 0.15) is 4.90 Å². The number of hydrogen-bond donors (Lipinski definition) is 1. The number of nitrogens with zero attached hydrogens (tertiary/aromatic N) is 2. The van der Waals surface area contributed by atoms with Gasteiger partial charge in [0.15, 0.2) is 0 Å². The molecule has 0 spiro atoms. The number of sulfonamides is 1. The van der Waals surface area contributed by atoms with E-state index in [0.29, 0.717) is 35.2 Å².